The van der Waals surface area contributed by atoms with Crippen LogP contribution in [0.2, 0.25) is 0 Å². The summed E-state index contributed by atoms with van der Waals surface area (Å²) in [5.41, 5.74) is 3.00. The van der Waals surface area contributed by atoms with Gasteiger partial charge in [0.25, 0.3) is 0 Å². The van der Waals surface area contributed by atoms with E-state index in [1.807, 2.05) is 0 Å². The Hall–Kier alpha value is -0.940. The number of morpholine rings is 1. The zero-order valence-electron chi connectivity index (χ0n) is 15.9. The number of rotatable bonds is 6. The highest BCUT2D eigenvalue weighted by atomic mass is 16.5. The third-order valence-electron chi connectivity index (χ3n) is 6.12. The van der Waals surface area contributed by atoms with E-state index >= 15 is 0 Å². The van der Waals surface area contributed by atoms with Gasteiger partial charge in [0.2, 0.25) is 0 Å². The standard InChI is InChI=1S/C21H34N2O2/c1-21(20-6-4-3-5-18(20)8-15-24)9-12-23(13-10-21)11-7-19-17-22(2)14-16-25-19/h3-6,19,24H,7-17H2,1-2H3/t19-/m0/s1. The topological polar surface area (TPSA) is 35.9 Å². The summed E-state index contributed by atoms with van der Waals surface area (Å²) in [5.74, 6) is 0. The molecule has 1 aromatic rings. The van der Waals surface area contributed by atoms with Crippen LogP contribution < -0.4 is 0 Å². The predicted molar refractivity (Wildman–Crippen MR) is 102 cm³/mol. The summed E-state index contributed by atoms with van der Waals surface area (Å²) in [6.07, 6.45) is 4.70. The van der Waals surface area contributed by atoms with Crippen molar-refractivity contribution in [2.24, 2.45) is 0 Å². The highest BCUT2D eigenvalue weighted by Gasteiger charge is 2.33. The van der Waals surface area contributed by atoms with Gasteiger partial charge in [0.1, 0.15) is 0 Å². The second kappa shape index (κ2) is 8.63. The first-order valence-electron chi connectivity index (χ1n) is 9.82. The molecule has 1 atom stereocenters. The van der Waals surface area contributed by atoms with E-state index in [4.69, 9.17) is 4.74 Å². The van der Waals surface area contributed by atoms with E-state index in [-0.39, 0.29) is 12.0 Å². The minimum absolute atomic E-state index is 0.231. The van der Waals surface area contributed by atoms with Crippen LogP contribution in [-0.4, -0.2) is 74.0 Å². The van der Waals surface area contributed by atoms with Crippen molar-refractivity contribution in [2.75, 3.05) is 53.0 Å². The van der Waals surface area contributed by atoms with Crippen LogP contribution in [0.5, 0.6) is 0 Å². The lowest BCUT2D eigenvalue weighted by molar-refractivity contribution is -0.0285. The summed E-state index contributed by atoms with van der Waals surface area (Å²) < 4.78 is 5.90. The molecule has 1 aromatic carbocycles. The molecule has 140 valence electrons. The molecular formula is C21H34N2O2. The molecule has 0 saturated carbocycles. The molecule has 3 rings (SSSR count). The number of hydrogen-bond acceptors (Lipinski definition) is 4. The number of benzene rings is 1. The van der Waals surface area contributed by atoms with Crippen LogP contribution in [0.3, 0.4) is 0 Å². The number of nitrogens with zero attached hydrogens (tertiary/aromatic N) is 2. The van der Waals surface area contributed by atoms with Crippen LogP contribution in [0.1, 0.15) is 37.3 Å². The highest BCUT2D eigenvalue weighted by Crippen LogP contribution is 2.37. The lowest BCUT2D eigenvalue weighted by Gasteiger charge is -2.41. The van der Waals surface area contributed by atoms with E-state index in [0.29, 0.717) is 6.10 Å². The predicted octanol–water partition coefficient (Wildman–Crippen LogP) is 2.30. The fourth-order valence-corrected chi connectivity index (χ4v) is 4.36. The number of ether oxygens (including phenoxy) is 1. The molecule has 2 aliphatic rings. The summed E-state index contributed by atoms with van der Waals surface area (Å²) in [5, 5.41) is 9.36. The van der Waals surface area contributed by atoms with Gasteiger partial charge in [0, 0.05) is 26.2 Å². The zero-order chi connectivity index (χ0) is 17.7. The van der Waals surface area contributed by atoms with Gasteiger partial charge in [-0.1, -0.05) is 31.2 Å². The molecule has 2 fully saturated rings. The SMILES string of the molecule is CN1CCO[C@@H](CCN2CCC(C)(c3ccccc3CCO)CC2)C1. The van der Waals surface area contributed by atoms with Crippen LogP contribution in [0, 0.1) is 0 Å². The number of aliphatic hydroxyl groups is 1. The first-order chi connectivity index (χ1) is 12.1. The molecular weight excluding hydrogens is 312 g/mol. The van der Waals surface area contributed by atoms with Gasteiger partial charge < -0.3 is 19.6 Å². The average Bonchev–Trinajstić information content (AvgIpc) is 2.62. The summed E-state index contributed by atoms with van der Waals surface area (Å²) in [4.78, 5) is 4.98. The van der Waals surface area contributed by atoms with Gasteiger partial charge in [-0.3, -0.25) is 0 Å². The Morgan fingerprint density at radius 3 is 2.68 bits per heavy atom. The maximum Gasteiger partial charge on any atom is 0.0714 e. The van der Waals surface area contributed by atoms with Crippen LogP contribution in [0.25, 0.3) is 0 Å². The van der Waals surface area contributed by atoms with E-state index in [1.165, 1.54) is 24.0 Å². The smallest absolute Gasteiger partial charge is 0.0714 e. The van der Waals surface area contributed by atoms with Gasteiger partial charge >= 0.3 is 0 Å². The maximum absolute atomic E-state index is 9.36. The molecule has 0 amide bonds. The van der Waals surface area contributed by atoms with Crippen molar-refractivity contribution in [3.63, 3.8) is 0 Å². The first kappa shape index (κ1) is 18.8. The van der Waals surface area contributed by atoms with Crippen molar-refractivity contribution in [2.45, 2.75) is 44.1 Å². The number of likely N-dealkylation sites (tertiary alicyclic amines) is 1. The molecule has 4 heteroatoms. The second-order valence-electron chi connectivity index (χ2n) is 8.08. The Bertz CT molecular complexity index is 540. The molecule has 0 bridgehead atoms. The lowest BCUT2D eigenvalue weighted by Crippen LogP contribution is -2.44. The Kier molecular flexibility index (Phi) is 6.50. The van der Waals surface area contributed by atoms with Crippen LogP contribution in [0.15, 0.2) is 24.3 Å². The van der Waals surface area contributed by atoms with E-state index < -0.39 is 0 Å². The number of aliphatic hydroxyl groups excluding tert-OH is 1. The van der Waals surface area contributed by atoms with Gasteiger partial charge in [-0.2, -0.15) is 0 Å². The first-order valence-corrected chi connectivity index (χ1v) is 9.82. The van der Waals surface area contributed by atoms with Crippen molar-refractivity contribution in [1.29, 1.82) is 0 Å². The summed E-state index contributed by atoms with van der Waals surface area (Å²) in [6, 6.07) is 8.69. The van der Waals surface area contributed by atoms with Crippen LogP contribution in [0.4, 0.5) is 0 Å². The Morgan fingerprint density at radius 2 is 1.96 bits per heavy atom. The molecule has 0 radical (unpaired) electrons. The summed E-state index contributed by atoms with van der Waals surface area (Å²) >= 11 is 0. The molecule has 0 unspecified atom stereocenters. The molecule has 2 saturated heterocycles. The molecule has 0 aliphatic carbocycles. The Balaban J connectivity index is 1.52. The highest BCUT2D eigenvalue weighted by molar-refractivity contribution is 5.34. The third kappa shape index (κ3) is 4.82. The number of piperidine rings is 1. The molecule has 4 nitrogen and oxygen atoms in total. The molecule has 0 aromatic heterocycles. The van der Waals surface area contributed by atoms with E-state index in [2.05, 4.69) is 48.0 Å². The lowest BCUT2D eigenvalue weighted by atomic mass is 9.72. The van der Waals surface area contributed by atoms with Crippen molar-refractivity contribution in [3.8, 4) is 0 Å². The number of likely N-dealkylation sites (N-methyl/N-ethyl adjacent to an activating group) is 1. The molecule has 25 heavy (non-hydrogen) atoms. The second-order valence-corrected chi connectivity index (χ2v) is 8.08. The molecule has 1 N–H and O–H groups in total. The van der Waals surface area contributed by atoms with E-state index in [1.54, 1.807) is 0 Å². The molecule has 2 aliphatic heterocycles. The normalized spacial score (nSPS) is 25.2. The van der Waals surface area contributed by atoms with Gasteiger partial charge in [-0.15, -0.1) is 0 Å². The minimum atomic E-state index is 0.231. The van der Waals surface area contributed by atoms with Gasteiger partial charge in [0.05, 0.1) is 12.7 Å². The van der Waals surface area contributed by atoms with Crippen LogP contribution >= 0.6 is 0 Å². The largest absolute Gasteiger partial charge is 0.396 e. The van der Waals surface area contributed by atoms with E-state index in [9.17, 15) is 5.11 Å². The van der Waals surface area contributed by atoms with Crippen molar-refractivity contribution in [1.82, 2.24) is 9.80 Å². The van der Waals surface area contributed by atoms with Gasteiger partial charge in [-0.25, -0.2) is 0 Å². The van der Waals surface area contributed by atoms with Crippen molar-refractivity contribution >= 4 is 0 Å². The molecule has 0 spiro atoms. The van der Waals surface area contributed by atoms with E-state index in [0.717, 1.165) is 52.2 Å². The fraction of sp³-hybridized carbons (Fsp3) is 0.714. The quantitative estimate of drug-likeness (QED) is 0.857. The van der Waals surface area contributed by atoms with Crippen LogP contribution in [-0.2, 0) is 16.6 Å². The Morgan fingerprint density at radius 1 is 1.20 bits per heavy atom. The Labute approximate surface area is 152 Å². The summed E-state index contributed by atoms with van der Waals surface area (Å²) in [7, 11) is 2.19. The molecule has 2 heterocycles. The van der Waals surface area contributed by atoms with Crippen molar-refractivity contribution < 1.29 is 9.84 Å². The summed E-state index contributed by atoms with van der Waals surface area (Å²) in [6.45, 7) is 9.10. The third-order valence-corrected chi connectivity index (χ3v) is 6.12. The minimum Gasteiger partial charge on any atom is -0.396 e. The number of hydrogen-bond donors (Lipinski definition) is 1. The maximum atomic E-state index is 9.36. The zero-order valence-corrected chi connectivity index (χ0v) is 15.9. The van der Waals surface area contributed by atoms with Gasteiger partial charge in [-0.05, 0) is 62.4 Å². The average molecular weight is 347 g/mol. The fourth-order valence-electron chi connectivity index (χ4n) is 4.36. The van der Waals surface area contributed by atoms with Gasteiger partial charge in [0.15, 0.2) is 0 Å². The van der Waals surface area contributed by atoms with Crippen molar-refractivity contribution in [3.05, 3.63) is 35.4 Å². The monoisotopic (exact) mass is 346 g/mol.